The molecule has 160 valence electrons. The van der Waals surface area contributed by atoms with E-state index in [2.05, 4.69) is 26.5 Å². The van der Waals surface area contributed by atoms with Gasteiger partial charge in [-0.15, -0.1) is 0 Å². The van der Waals surface area contributed by atoms with Gasteiger partial charge in [-0.3, -0.25) is 4.79 Å². The Balaban J connectivity index is 1.65. The predicted octanol–water partition coefficient (Wildman–Crippen LogP) is 5.12. The Morgan fingerprint density at radius 2 is 1.68 bits per heavy atom. The van der Waals surface area contributed by atoms with Crippen molar-refractivity contribution in [1.82, 2.24) is 5.43 Å². The molecule has 0 fully saturated rings. The second kappa shape index (κ2) is 10.6. The summed E-state index contributed by atoms with van der Waals surface area (Å²) in [6.45, 7) is 2.49. The largest absolute Gasteiger partial charge is 0.496 e. The van der Waals surface area contributed by atoms with Crippen molar-refractivity contribution in [3.8, 4) is 17.2 Å². The number of benzene rings is 3. The van der Waals surface area contributed by atoms with Crippen LogP contribution < -0.4 is 19.6 Å². The van der Waals surface area contributed by atoms with E-state index >= 15 is 0 Å². The Bertz CT molecular complexity index is 1080. The van der Waals surface area contributed by atoms with Crippen LogP contribution in [-0.2, 0) is 6.61 Å². The molecule has 0 atom stereocenters. The van der Waals surface area contributed by atoms with Gasteiger partial charge in [-0.1, -0.05) is 45.8 Å². The summed E-state index contributed by atoms with van der Waals surface area (Å²) in [4.78, 5) is 12.4. The van der Waals surface area contributed by atoms with E-state index in [1.54, 1.807) is 31.4 Å². The van der Waals surface area contributed by atoms with E-state index in [1.165, 1.54) is 18.9 Å². The van der Waals surface area contributed by atoms with Crippen LogP contribution in [0.25, 0.3) is 0 Å². The number of nitrogens with zero attached hydrogens (tertiary/aromatic N) is 1. The molecule has 0 bridgehead atoms. The maximum absolute atomic E-state index is 12.4. The average Bonchev–Trinajstić information content (AvgIpc) is 2.79. The number of carbonyl (C=O) groups is 1. The van der Waals surface area contributed by atoms with E-state index in [1.807, 2.05) is 43.3 Å². The second-order valence-electron chi connectivity index (χ2n) is 6.73. The van der Waals surface area contributed by atoms with E-state index in [-0.39, 0.29) is 5.91 Å². The van der Waals surface area contributed by atoms with Crippen LogP contribution in [0.15, 0.2) is 70.2 Å². The average molecular weight is 483 g/mol. The zero-order valence-corrected chi connectivity index (χ0v) is 19.1. The fraction of sp³-hybridized carbons (Fsp3) is 0.167. The number of hydrogen-bond donors (Lipinski definition) is 1. The lowest BCUT2D eigenvalue weighted by atomic mass is 10.2. The van der Waals surface area contributed by atoms with Gasteiger partial charge < -0.3 is 14.2 Å². The topological polar surface area (TPSA) is 69.2 Å². The first-order valence-electron chi connectivity index (χ1n) is 9.53. The highest BCUT2D eigenvalue weighted by atomic mass is 79.9. The number of hydrazone groups is 1. The number of aryl methyl sites for hydroxylation is 1. The third-order valence-corrected chi connectivity index (χ3v) is 4.98. The molecule has 0 spiro atoms. The fourth-order valence-corrected chi connectivity index (χ4v) is 3.17. The first kappa shape index (κ1) is 22.4. The lowest BCUT2D eigenvalue weighted by molar-refractivity contribution is 0.0952. The van der Waals surface area contributed by atoms with Crippen molar-refractivity contribution in [3.05, 3.63) is 87.4 Å². The summed E-state index contributed by atoms with van der Waals surface area (Å²) in [5, 5.41) is 4.04. The first-order valence-corrected chi connectivity index (χ1v) is 10.3. The molecule has 3 aromatic rings. The standard InChI is InChI=1S/C24H23BrN2O4/c1-16-4-6-17(7-5-16)15-31-22-10-8-18(12-23(22)30-3)14-26-27-24(28)20-13-19(25)9-11-21(20)29-2/h4-14H,15H2,1-3H3,(H,27,28)/b26-14+. The Hall–Kier alpha value is -3.32. The third kappa shape index (κ3) is 6.08. The Morgan fingerprint density at radius 1 is 0.968 bits per heavy atom. The fourth-order valence-electron chi connectivity index (χ4n) is 2.81. The smallest absolute Gasteiger partial charge is 0.275 e. The minimum absolute atomic E-state index is 0.376. The van der Waals surface area contributed by atoms with Crippen LogP contribution in [0.5, 0.6) is 17.2 Å². The molecule has 1 N–H and O–H groups in total. The second-order valence-corrected chi connectivity index (χ2v) is 7.64. The normalized spacial score (nSPS) is 10.7. The summed E-state index contributed by atoms with van der Waals surface area (Å²) in [6.07, 6.45) is 1.54. The molecule has 0 heterocycles. The Labute approximate surface area is 190 Å². The SMILES string of the molecule is COc1cc(/C=N/NC(=O)c2cc(Br)ccc2OC)ccc1OCc1ccc(C)cc1. The number of hydrogen-bond acceptors (Lipinski definition) is 5. The van der Waals surface area contributed by atoms with Crippen LogP contribution in [0.1, 0.15) is 27.0 Å². The van der Waals surface area contributed by atoms with Gasteiger partial charge in [-0.25, -0.2) is 5.43 Å². The minimum Gasteiger partial charge on any atom is -0.496 e. The van der Waals surface area contributed by atoms with Crippen LogP contribution in [0, 0.1) is 6.92 Å². The summed E-state index contributed by atoms with van der Waals surface area (Å²) in [5.74, 6) is 1.30. The van der Waals surface area contributed by atoms with Crippen LogP contribution in [-0.4, -0.2) is 26.3 Å². The van der Waals surface area contributed by atoms with Gasteiger partial charge in [0.15, 0.2) is 11.5 Å². The van der Waals surface area contributed by atoms with Gasteiger partial charge in [-0.2, -0.15) is 5.10 Å². The Morgan fingerprint density at radius 3 is 2.39 bits per heavy atom. The Kier molecular flexibility index (Phi) is 7.67. The van der Waals surface area contributed by atoms with E-state index in [4.69, 9.17) is 14.2 Å². The lowest BCUT2D eigenvalue weighted by Gasteiger charge is -2.11. The number of rotatable bonds is 8. The number of halogens is 1. The van der Waals surface area contributed by atoms with Gasteiger partial charge in [0.25, 0.3) is 5.91 Å². The molecule has 0 saturated heterocycles. The van der Waals surface area contributed by atoms with Gasteiger partial charge in [0, 0.05) is 4.47 Å². The molecule has 3 rings (SSSR count). The maximum Gasteiger partial charge on any atom is 0.275 e. The van der Waals surface area contributed by atoms with Crippen LogP contribution in [0.2, 0.25) is 0 Å². The monoisotopic (exact) mass is 482 g/mol. The van der Waals surface area contributed by atoms with Gasteiger partial charge in [-0.05, 0) is 54.4 Å². The van der Waals surface area contributed by atoms with E-state index in [9.17, 15) is 4.79 Å². The van der Waals surface area contributed by atoms with Gasteiger partial charge in [0.2, 0.25) is 0 Å². The van der Waals surface area contributed by atoms with Crippen molar-refractivity contribution in [2.24, 2.45) is 5.10 Å². The summed E-state index contributed by atoms with van der Waals surface area (Å²) >= 11 is 3.35. The number of amides is 1. The summed E-state index contributed by atoms with van der Waals surface area (Å²) in [5.41, 5.74) is 5.92. The number of carbonyl (C=O) groups excluding carboxylic acids is 1. The van der Waals surface area contributed by atoms with Crippen molar-refractivity contribution in [2.45, 2.75) is 13.5 Å². The summed E-state index contributed by atoms with van der Waals surface area (Å²) in [6, 6.07) is 18.8. The molecule has 0 unspecified atom stereocenters. The number of methoxy groups -OCH3 is 2. The lowest BCUT2D eigenvalue weighted by Crippen LogP contribution is -2.18. The van der Waals surface area contributed by atoms with Crippen molar-refractivity contribution in [3.63, 3.8) is 0 Å². The zero-order chi connectivity index (χ0) is 22.2. The van der Waals surface area contributed by atoms with Crippen LogP contribution in [0.4, 0.5) is 0 Å². The quantitative estimate of drug-likeness (QED) is 0.357. The minimum atomic E-state index is -0.376. The molecule has 31 heavy (non-hydrogen) atoms. The third-order valence-electron chi connectivity index (χ3n) is 4.49. The molecule has 6 nitrogen and oxygen atoms in total. The van der Waals surface area contributed by atoms with Crippen molar-refractivity contribution >= 4 is 28.1 Å². The van der Waals surface area contributed by atoms with Crippen LogP contribution >= 0.6 is 15.9 Å². The van der Waals surface area contributed by atoms with Gasteiger partial charge in [0.05, 0.1) is 26.0 Å². The molecule has 0 aliphatic rings. The molecule has 3 aromatic carbocycles. The number of ether oxygens (including phenoxy) is 3. The molecular weight excluding hydrogens is 460 g/mol. The van der Waals surface area contributed by atoms with Crippen molar-refractivity contribution < 1.29 is 19.0 Å². The molecule has 1 amide bonds. The molecule has 0 saturated carbocycles. The zero-order valence-electron chi connectivity index (χ0n) is 17.5. The van der Waals surface area contributed by atoms with Crippen LogP contribution in [0.3, 0.4) is 0 Å². The van der Waals surface area contributed by atoms with Crippen molar-refractivity contribution in [1.29, 1.82) is 0 Å². The molecular formula is C24H23BrN2O4. The first-order chi connectivity index (χ1) is 15.0. The van der Waals surface area contributed by atoms with Gasteiger partial charge >= 0.3 is 0 Å². The molecule has 7 heteroatoms. The molecule has 0 aliphatic heterocycles. The highest BCUT2D eigenvalue weighted by Crippen LogP contribution is 2.28. The number of nitrogens with one attached hydrogen (secondary N) is 1. The van der Waals surface area contributed by atoms with Crippen molar-refractivity contribution in [2.75, 3.05) is 14.2 Å². The summed E-state index contributed by atoms with van der Waals surface area (Å²) < 4.78 is 17.3. The molecule has 0 aromatic heterocycles. The van der Waals surface area contributed by atoms with E-state index < -0.39 is 0 Å². The predicted molar refractivity (Wildman–Crippen MR) is 124 cm³/mol. The van der Waals surface area contributed by atoms with E-state index in [0.29, 0.717) is 29.4 Å². The maximum atomic E-state index is 12.4. The van der Waals surface area contributed by atoms with E-state index in [0.717, 1.165) is 15.6 Å². The highest BCUT2D eigenvalue weighted by Gasteiger charge is 2.12. The molecule has 0 radical (unpaired) electrons. The van der Waals surface area contributed by atoms with Gasteiger partial charge in [0.1, 0.15) is 12.4 Å². The molecule has 0 aliphatic carbocycles. The summed E-state index contributed by atoms with van der Waals surface area (Å²) in [7, 11) is 3.09. The highest BCUT2D eigenvalue weighted by molar-refractivity contribution is 9.10.